The number of hydrogen-bond acceptors (Lipinski definition) is 2. The summed E-state index contributed by atoms with van der Waals surface area (Å²) in [6, 6.07) is 0. The molecule has 6 heteroatoms. The number of rotatable bonds is 1. The molecule has 0 aliphatic rings. The van der Waals surface area contributed by atoms with Crippen molar-refractivity contribution in [1.82, 2.24) is 0 Å². The number of nitrogens with two attached hydrogens (primary N) is 2. The molecule has 0 saturated heterocycles. The van der Waals surface area contributed by atoms with Gasteiger partial charge in [-0.2, -0.15) is 0 Å². The topological polar surface area (TPSA) is 52.0 Å². The molecule has 1 unspecified atom stereocenters. The van der Waals surface area contributed by atoms with E-state index in [-0.39, 0.29) is 0 Å². The first-order valence-electron chi connectivity index (χ1n) is 1.58. The lowest BCUT2D eigenvalue weighted by molar-refractivity contribution is 0.259. The lowest BCUT2D eigenvalue weighted by Gasteiger charge is -2.21. The van der Waals surface area contributed by atoms with Gasteiger partial charge >= 0.3 is 0 Å². The summed E-state index contributed by atoms with van der Waals surface area (Å²) in [7, 11) is 0. The zero-order valence-corrected chi connectivity index (χ0v) is 5.93. The van der Waals surface area contributed by atoms with E-state index in [4.69, 9.17) is 40.5 Å². The summed E-state index contributed by atoms with van der Waals surface area (Å²) < 4.78 is 9.81. The lowest BCUT2D eigenvalue weighted by Crippen LogP contribution is -2.51. The smallest absolute Gasteiger partial charge is 0.280 e. The zero-order valence-electron chi connectivity index (χ0n) is 3.67. The summed E-state index contributed by atoms with van der Waals surface area (Å²) in [4.78, 5) is 0. The minimum atomic E-state index is -2.78. The average Bonchev–Trinajstić information content (AvgIpc) is 1.25. The van der Waals surface area contributed by atoms with Crippen LogP contribution in [0.15, 0.2) is 0 Å². The van der Waals surface area contributed by atoms with E-state index in [0.29, 0.717) is 0 Å². The van der Waals surface area contributed by atoms with Gasteiger partial charge in [0.05, 0.1) is 0 Å². The Balaban J connectivity index is 4.02. The van der Waals surface area contributed by atoms with E-state index in [9.17, 15) is 4.39 Å². The van der Waals surface area contributed by atoms with Gasteiger partial charge in [0.2, 0.25) is 4.46 Å². The van der Waals surface area contributed by atoms with Gasteiger partial charge in [-0.25, -0.2) is 4.39 Å². The van der Waals surface area contributed by atoms with Crippen LogP contribution in [-0.4, -0.2) is 9.71 Å². The van der Waals surface area contributed by atoms with Gasteiger partial charge in [0.1, 0.15) is 0 Å². The highest BCUT2D eigenvalue weighted by Crippen LogP contribution is 2.30. The molecular weight excluding hydrogens is 177 g/mol. The first kappa shape index (κ1) is 8.72. The zero-order chi connectivity index (χ0) is 7.00. The SMILES string of the molecule is NC(F)(Cl)C(N)(Cl)Cl. The summed E-state index contributed by atoms with van der Waals surface area (Å²) in [5.74, 6) is 0. The van der Waals surface area contributed by atoms with Crippen molar-refractivity contribution in [2.45, 2.75) is 9.71 Å². The van der Waals surface area contributed by atoms with Crippen LogP contribution in [0.3, 0.4) is 0 Å². The first-order valence-corrected chi connectivity index (χ1v) is 2.72. The van der Waals surface area contributed by atoms with E-state index >= 15 is 0 Å². The Hall–Kier alpha value is 0.720. The van der Waals surface area contributed by atoms with Crippen molar-refractivity contribution in [3.05, 3.63) is 0 Å². The van der Waals surface area contributed by atoms with Crippen LogP contribution in [0.2, 0.25) is 0 Å². The van der Waals surface area contributed by atoms with Crippen molar-refractivity contribution < 1.29 is 4.39 Å². The monoisotopic (exact) mass is 180 g/mol. The van der Waals surface area contributed by atoms with Crippen molar-refractivity contribution >= 4 is 34.8 Å². The Labute approximate surface area is 60.9 Å². The fourth-order valence-corrected chi connectivity index (χ4v) is 0. The predicted molar refractivity (Wildman–Crippen MR) is 32.5 cm³/mol. The van der Waals surface area contributed by atoms with Crippen LogP contribution in [0.25, 0.3) is 0 Å². The molecule has 4 N–H and O–H groups in total. The van der Waals surface area contributed by atoms with E-state index in [2.05, 4.69) is 5.73 Å². The Kier molecular flexibility index (Phi) is 2.35. The van der Waals surface area contributed by atoms with Gasteiger partial charge in [-0.15, -0.1) is 0 Å². The molecule has 0 aromatic heterocycles. The highest BCUT2D eigenvalue weighted by molar-refractivity contribution is 6.52. The maximum Gasteiger partial charge on any atom is 0.280 e. The van der Waals surface area contributed by atoms with Crippen LogP contribution in [0.4, 0.5) is 4.39 Å². The van der Waals surface area contributed by atoms with Gasteiger partial charge in [-0.1, -0.05) is 34.8 Å². The Morgan fingerprint density at radius 2 is 1.25 bits per heavy atom. The molecule has 0 rings (SSSR count). The van der Waals surface area contributed by atoms with Gasteiger partial charge < -0.3 is 0 Å². The fourth-order valence-electron chi connectivity index (χ4n) is 0. The molecule has 0 aromatic carbocycles. The molecule has 50 valence electrons. The molecule has 0 aromatic rings. The van der Waals surface area contributed by atoms with Crippen molar-refractivity contribution in [2.24, 2.45) is 11.5 Å². The lowest BCUT2D eigenvalue weighted by atomic mass is 10.6. The van der Waals surface area contributed by atoms with Crippen LogP contribution in [0.1, 0.15) is 0 Å². The number of hydrogen-bond donors (Lipinski definition) is 2. The van der Waals surface area contributed by atoms with Gasteiger partial charge in [-0.05, 0) is 0 Å². The predicted octanol–water partition coefficient (Wildman–Crippen LogP) is 0.897. The third-order valence-corrected chi connectivity index (χ3v) is 1.49. The van der Waals surface area contributed by atoms with E-state index in [0.717, 1.165) is 0 Å². The molecule has 8 heavy (non-hydrogen) atoms. The summed E-state index contributed by atoms with van der Waals surface area (Å²) >= 11 is 14.6. The minimum absolute atomic E-state index is 2.24. The average molecular weight is 181 g/mol. The molecule has 0 bridgehead atoms. The normalized spacial score (nSPS) is 20.2. The second-order valence-electron chi connectivity index (χ2n) is 1.25. The third kappa shape index (κ3) is 2.33. The Bertz CT molecular complexity index is 70.3. The molecule has 0 saturated carbocycles. The van der Waals surface area contributed by atoms with Crippen LogP contribution in [-0.2, 0) is 0 Å². The van der Waals surface area contributed by atoms with Crippen molar-refractivity contribution in [3.8, 4) is 0 Å². The van der Waals surface area contributed by atoms with Crippen molar-refractivity contribution in [3.63, 3.8) is 0 Å². The quantitative estimate of drug-likeness (QED) is 0.466. The summed E-state index contributed by atoms with van der Waals surface area (Å²) in [6.07, 6.45) is 0. The van der Waals surface area contributed by atoms with Gasteiger partial charge in [0.25, 0.3) is 5.25 Å². The van der Waals surface area contributed by atoms with Gasteiger partial charge in [-0.3, -0.25) is 11.5 Å². The maximum absolute atomic E-state index is 12.1. The van der Waals surface area contributed by atoms with Crippen LogP contribution in [0, 0.1) is 0 Å². The molecule has 1 atom stereocenters. The maximum atomic E-state index is 12.1. The molecule has 0 radical (unpaired) electrons. The van der Waals surface area contributed by atoms with E-state index in [1.165, 1.54) is 0 Å². The largest absolute Gasteiger partial charge is 0.295 e. The fraction of sp³-hybridized carbons (Fsp3) is 1.00. The molecule has 0 heterocycles. The molecule has 0 fully saturated rings. The molecule has 0 amide bonds. The number of alkyl halides is 4. The van der Waals surface area contributed by atoms with Crippen LogP contribution >= 0.6 is 34.8 Å². The molecule has 2 nitrogen and oxygen atoms in total. The van der Waals surface area contributed by atoms with Crippen LogP contribution in [0.5, 0.6) is 0 Å². The summed E-state index contributed by atoms with van der Waals surface area (Å²) in [5, 5.41) is -2.78. The summed E-state index contributed by atoms with van der Waals surface area (Å²) in [6.45, 7) is 0. The van der Waals surface area contributed by atoms with Gasteiger partial charge in [0.15, 0.2) is 0 Å². The summed E-state index contributed by atoms with van der Waals surface area (Å²) in [5.41, 5.74) is 9.23. The number of halogens is 4. The highest BCUT2D eigenvalue weighted by Gasteiger charge is 2.42. The van der Waals surface area contributed by atoms with Crippen molar-refractivity contribution in [2.75, 3.05) is 0 Å². The highest BCUT2D eigenvalue weighted by atomic mass is 35.5. The van der Waals surface area contributed by atoms with E-state index in [1.807, 2.05) is 0 Å². The second kappa shape index (κ2) is 2.15. The standard InChI is InChI=1S/C2H4Cl3FN2/c3-1(4,7)2(5,6)8/h7-8H2. The van der Waals surface area contributed by atoms with Crippen LogP contribution < -0.4 is 11.5 Å². The Morgan fingerprint density at radius 1 is 1.12 bits per heavy atom. The van der Waals surface area contributed by atoms with E-state index < -0.39 is 9.71 Å². The Morgan fingerprint density at radius 3 is 1.25 bits per heavy atom. The molecule has 0 spiro atoms. The second-order valence-corrected chi connectivity index (χ2v) is 3.18. The van der Waals surface area contributed by atoms with Crippen molar-refractivity contribution in [1.29, 1.82) is 0 Å². The molecule has 0 aliphatic carbocycles. The molecule has 0 aliphatic heterocycles. The minimum Gasteiger partial charge on any atom is -0.295 e. The van der Waals surface area contributed by atoms with E-state index in [1.54, 1.807) is 0 Å². The van der Waals surface area contributed by atoms with Gasteiger partial charge in [0, 0.05) is 0 Å². The molecular formula is C2H4Cl3FN2. The third-order valence-electron chi connectivity index (χ3n) is 0.444. The first-order chi connectivity index (χ1) is 3.25.